The van der Waals surface area contributed by atoms with E-state index in [1.165, 1.54) is 0 Å². The van der Waals surface area contributed by atoms with Gasteiger partial charge < -0.3 is 15.0 Å². The molecule has 0 spiro atoms. The van der Waals surface area contributed by atoms with Gasteiger partial charge in [0.05, 0.1) is 5.56 Å². The number of hydrogen-bond donors (Lipinski definition) is 1. The van der Waals surface area contributed by atoms with E-state index in [-0.39, 0.29) is 42.6 Å². The summed E-state index contributed by atoms with van der Waals surface area (Å²) in [7, 11) is 0. The van der Waals surface area contributed by atoms with Gasteiger partial charge in [-0.3, -0.25) is 4.79 Å². The molecule has 3 rings (SSSR count). The molecule has 1 aromatic heterocycles. The van der Waals surface area contributed by atoms with E-state index in [9.17, 15) is 18.0 Å². The highest BCUT2D eigenvalue weighted by Gasteiger charge is 2.30. The molecule has 5 nitrogen and oxygen atoms in total. The molecule has 1 aliphatic rings. The number of carbonyl (C=O) groups excluding carboxylic acids is 1. The Balaban J connectivity index is 0.00000196. The third kappa shape index (κ3) is 5.73. The number of halogens is 5. The number of carbonyl (C=O) groups is 1. The van der Waals surface area contributed by atoms with Gasteiger partial charge in [0.25, 0.3) is 5.91 Å². The van der Waals surface area contributed by atoms with Crippen molar-refractivity contribution in [2.75, 3.05) is 19.6 Å². The highest BCUT2D eigenvalue weighted by Crippen LogP contribution is 2.30. The van der Waals surface area contributed by atoms with Crippen LogP contribution in [0.25, 0.3) is 0 Å². The van der Waals surface area contributed by atoms with Crippen molar-refractivity contribution in [3.63, 3.8) is 0 Å². The Morgan fingerprint density at radius 1 is 1.18 bits per heavy atom. The average Bonchev–Trinajstić information content (AvgIpc) is 2.62. The summed E-state index contributed by atoms with van der Waals surface area (Å²) in [5, 5.41) is 3.23. The maximum absolute atomic E-state index is 12.5. The highest BCUT2D eigenvalue weighted by atomic mass is 35.5. The molecule has 0 aliphatic carbocycles. The summed E-state index contributed by atoms with van der Waals surface area (Å²) in [4.78, 5) is 18.0. The fourth-order valence-electron chi connectivity index (χ4n) is 2.70. The predicted molar refractivity (Wildman–Crippen MR) is 104 cm³/mol. The summed E-state index contributed by atoms with van der Waals surface area (Å²) in [6.07, 6.45) is -3.71. The SMILES string of the molecule is CC1CNCCN1C(=O)c1ccc(Oc2ccc(C(F)(F)F)cn2)cc1.Cl.Cl. The number of alkyl halides is 3. The molecule has 1 N–H and O–H groups in total. The Labute approximate surface area is 173 Å². The first-order valence-corrected chi connectivity index (χ1v) is 8.17. The molecule has 1 saturated heterocycles. The molecule has 28 heavy (non-hydrogen) atoms. The van der Waals surface area contributed by atoms with Crippen molar-refractivity contribution in [3.05, 3.63) is 53.7 Å². The van der Waals surface area contributed by atoms with E-state index >= 15 is 0 Å². The van der Waals surface area contributed by atoms with Gasteiger partial charge in [-0.05, 0) is 37.3 Å². The summed E-state index contributed by atoms with van der Waals surface area (Å²) in [6.45, 7) is 4.15. The molecule has 1 aromatic carbocycles. The lowest BCUT2D eigenvalue weighted by Gasteiger charge is -2.34. The zero-order valence-electron chi connectivity index (χ0n) is 14.9. The van der Waals surface area contributed by atoms with Crippen LogP contribution in [0.5, 0.6) is 11.6 Å². The van der Waals surface area contributed by atoms with Crippen LogP contribution in [-0.2, 0) is 6.18 Å². The van der Waals surface area contributed by atoms with E-state index in [1.807, 2.05) is 11.8 Å². The van der Waals surface area contributed by atoms with Gasteiger partial charge in [-0.25, -0.2) is 4.98 Å². The largest absolute Gasteiger partial charge is 0.439 e. The van der Waals surface area contributed by atoms with E-state index in [1.54, 1.807) is 24.3 Å². The number of aromatic nitrogens is 1. The van der Waals surface area contributed by atoms with Gasteiger partial charge in [-0.15, -0.1) is 24.8 Å². The third-order valence-corrected chi connectivity index (χ3v) is 4.15. The smallest absolute Gasteiger partial charge is 0.417 e. The van der Waals surface area contributed by atoms with Crippen LogP contribution >= 0.6 is 24.8 Å². The van der Waals surface area contributed by atoms with Crippen LogP contribution in [0, 0.1) is 0 Å². The molecule has 2 aromatic rings. The first kappa shape index (κ1) is 24.0. The normalized spacial score (nSPS) is 16.6. The van der Waals surface area contributed by atoms with Crippen molar-refractivity contribution in [2.45, 2.75) is 19.1 Å². The average molecular weight is 438 g/mol. The minimum absolute atomic E-state index is 0. The molecule has 0 bridgehead atoms. The number of pyridine rings is 1. The van der Waals surface area contributed by atoms with E-state index in [4.69, 9.17) is 4.74 Å². The highest BCUT2D eigenvalue weighted by molar-refractivity contribution is 5.94. The Morgan fingerprint density at radius 2 is 1.86 bits per heavy atom. The van der Waals surface area contributed by atoms with Gasteiger partial charge in [0.2, 0.25) is 5.88 Å². The zero-order chi connectivity index (χ0) is 18.7. The number of ether oxygens (including phenoxy) is 1. The second-order valence-electron chi connectivity index (χ2n) is 6.06. The van der Waals surface area contributed by atoms with Crippen molar-refractivity contribution in [2.24, 2.45) is 0 Å². The summed E-state index contributed by atoms with van der Waals surface area (Å²) in [5.41, 5.74) is -0.303. The monoisotopic (exact) mass is 437 g/mol. The zero-order valence-corrected chi connectivity index (χ0v) is 16.5. The molecule has 2 heterocycles. The van der Waals surface area contributed by atoms with Crippen LogP contribution in [0.15, 0.2) is 42.6 Å². The lowest BCUT2D eigenvalue weighted by Crippen LogP contribution is -2.52. The molecule has 154 valence electrons. The molecular weight excluding hydrogens is 418 g/mol. The molecular formula is C18H20Cl2F3N3O2. The summed E-state index contributed by atoms with van der Waals surface area (Å²) in [5.74, 6) is 0.383. The van der Waals surface area contributed by atoms with E-state index in [0.29, 0.717) is 17.9 Å². The predicted octanol–water partition coefficient (Wildman–Crippen LogP) is 4.17. The Kier molecular flexibility index (Phi) is 8.53. The minimum Gasteiger partial charge on any atom is -0.439 e. The summed E-state index contributed by atoms with van der Waals surface area (Å²) >= 11 is 0. The number of piperazine rings is 1. The standard InChI is InChI=1S/C18H18F3N3O2.2ClH/c1-12-10-22-8-9-24(12)17(25)13-2-5-15(6-3-13)26-16-7-4-14(11-23-16)18(19,20)21;;/h2-7,11-12,22H,8-10H2,1H3;2*1H. The van der Waals surface area contributed by atoms with Gasteiger partial charge in [-0.2, -0.15) is 13.2 Å². The minimum atomic E-state index is -4.44. The van der Waals surface area contributed by atoms with Gasteiger partial charge in [0, 0.05) is 43.5 Å². The fourth-order valence-corrected chi connectivity index (χ4v) is 2.70. The number of benzene rings is 1. The van der Waals surface area contributed by atoms with Gasteiger partial charge in [-0.1, -0.05) is 0 Å². The lowest BCUT2D eigenvalue weighted by molar-refractivity contribution is -0.137. The lowest BCUT2D eigenvalue weighted by atomic mass is 10.1. The second-order valence-corrected chi connectivity index (χ2v) is 6.06. The van der Waals surface area contributed by atoms with Crippen LogP contribution in [-0.4, -0.2) is 41.5 Å². The molecule has 1 amide bonds. The molecule has 1 fully saturated rings. The van der Waals surface area contributed by atoms with Gasteiger partial charge >= 0.3 is 6.18 Å². The van der Waals surface area contributed by atoms with Crippen LogP contribution in [0.4, 0.5) is 13.2 Å². The molecule has 0 radical (unpaired) electrons. The number of amides is 1. The van der Waals surface area contributed by atoms with Gasteiger partial charge in [0.1, 0.15) is 5.75 Å². The number of rotatable bonds is 3. The van der Waals surface area contributed by atoms with Crippen LogP contribution in [0.3, 0.4) is 0 Å². The van der Waals surface area contributed by atoms with Crippen molar-refractivity contribution in [1.82, 2.24) is 15.2 Å². The van der Waals surface area contributed by atoms with E-state index < -0.39 is 11.7 Å². The Morgan fingerprint density at radius 3 is 2.39 bits per heavy atom. The van der Waals surface area contributed by atoms with Crippen LogP contribution in [0.2, 0.25) is 0 Å². The fraction of sp³-hybridized carbons (Fsp3) is 0.333. The topological polar surface area (TPSA) is 54.5 Å². The van der Waals surface area contributed by atoms with Crippen molar-refractivity contribution in [1.29, 1.82) is 0 Å². The number of nitrogens with one attached hydrogen (secondary N) is 1. The maximum Gasteiger partial charge on any atom is 0.417 e. The van der Waals surface area contributed by atoms with Crippen LogP contribution < -0.4 is 10.1 Å². The van der Waals surface area contributed by atoms with Crippen molar-refractivity contribution in [3.8, 4) is 11.6 Å². The molecule has 1 aliphatic heterocycles. The van der Waals surface area contributed by atoms with E-state index in [2.05, 4.69) is 10.3 Å². The molecule has 1 atom stereocenters. The maximum atomic E-state index is 12.5. The molecule has 0 saturated carbocycles. The Bertz CT molecular complexity index is 771. The first-order chi connectivity index (χ1) is 12.3. The van der Waals surface area contributed by atoms with Crippen molar-refractivity contribution >= 4 is 30.7 Å². The second kappa shape index (κ2) is 9.95. The van der Waals surface area contributed by atoms with Crippen LogP contribution in [0.1, 0.15) is 22.8 Å². The first-order valence-electron chi connectivity index (χ1n) is 8.17. The number of hydrogen-bond acceptors (Lipinski definition) is 4. The molecule has 10 heteroatoms. The van der Waals surface area contributed by atoms with Gasteiger partial charge in [0.15, 0.2) is 0 Å². The quantitative estimate of drug-likeness (QED) is 0.782. The number of nitrogens with zero attached hydrogens (tertiary/aromatic N) is 2. The van der Waals surface area contributed by atoms with E-state index in [0.717, 1.165) is 31.4 Å². The third-order valence-electron chi connectivity index (χ3n) is 4.15. The Hall–Kier alpha value is -2.03. The summed E-state index contributed by atoms with van der Waals surface area (Å²) < 4.78 is 43.0. The van der Waals surface area contributed by atoms with Crippen molar-refractivity contribution < 1.29 is 22.7 Å². The summed E-state index contributed by atoms with van der Waals surface area (Å²) in [6, 6.07) is 8.64. The molecule has 1 unspecified atom stereocenters.